The molecule has 0 aliphatic heterocycles. The summed E-state index contributed by atoms with van der Waals surface area (Å²) in [5.74, 6) is 2.18. The molecule has 4 nitrogen and oxygen atoms in total. The van der Waals surface area contributed by atoms with Crippen LogP contribution in [0.2, 0.25) is 0 Å². The van der Waals surface area contributed by atoms with Crippen LogP contribution in [-0.4, -0.2) is 6.54 Å². The van der Waals surface area contributed by atoms with Crippen LogP contribution in [0.1, 0.15) is 0 Å². The molecule has 0 spiro atoms. The molecule has 0 aromatic carbocycles. The molecule has 0 heterocycles. The Kier molecular flexibility index (Phi) is 2.74. The Morgan fingerprint density at radius 3 is 2.38 bits per heavy atom. The molecule has 5 N–H and O–H groups in total. The van der Waals surface area contributed by atoms with E-state index in [9.17, 15) is 4.57 Å². The molecule has 0 aromatic heterocycles. The van der Waals surface area contributed by atoms with E-state index < -0.39 is 7.59 Å². The van der Waals surface area contributed by atoms with Crippen molar-refractivity contribution < 1.29 is 4.57 Å². The number of rotatable bonds is 2. The highest BCUT2D eigenvalue weighted by molar-refractivity contribution is 7.56. The number of nitrogens with one attached hydrogen (secondary N) is 1. The van der Waals surface area contributed by atoms with Gasteiger partial charge >= 0.3 is 0 Å². The number of nitrogens with two attached hydrogens (primary N) is 2. The van der Waals surface area contributed by atoms with Gasteiger partial charge in [-0.25, -0.2) is 5.09 Å². The summed E-state index contributed by atoms with van der Waals surface area (Å²) in [5.41, 5.74) is 9.70. The molecule has 0 saturated heterocycles. The molecule has 0 aliphatic rings. The molecule has 5 heteroatoms. The van der Waals surface area contributed by atoms with E-state index in [4.69, 9.17) is 17.4 Å². The van der Waals surface area contributed by atoms with Crippen LogP contribution in [-0.2, 0) is 4.57 Å². The number of terminal acetylenes is 1. The Hall–Kier alpha value is -0.330. The molecule has 46 valence electrons. The van der Waals surface area contributed by atoms with Crippen molar-refractivity contribution in [3.05, 3.63) is 0 Å². The van der Waals surface area contributed by atoms with Gasteiger partial charge in [0.1, 0.15) is 0 Å². The molecule has 0 rings (SSSR count). The first-order chi connectivity index (χ1) is 3.56. The Bertz CT molecular complexity index is 143. The van der Waals surface area contributed by atoms with Crippen molar-refractivity contribution in [2.24, 2.45) is 11.0 Å². The van der Waals surface area contributed by atoms with Crippen molar-refractivity contribution in [3.8, 4) is 12.3 Å². The molecule has 0 radical (unpaired) electrons. The quantitative estimate of drug-likeness (QED) is 0.341. The fraction of sp³-hybridized carbons (Fsp3) is 0.333. The fourth-order valence-corrected chi connectivity index (χ4v) is 0.508. The van der Waals surface area contributed by atoms with E-state index in [2.05, 4.69) is 11.0 Å². The van der Waals surface area contributed by atoms with E-state index in [1.54, 1.807) is 0 Å². The largest absolute Gasteiger partial charge is 0.274 e. The van der Waals surface area contributed by atoms with Crippen molar-refractivity contribution in [2.45, 2.75) is 0 Å². The lowest BCUT2D eigenvalue weighted by molar-refractivity contribution is 0.569. The summed E-state index contributed by atoms with van der Waals surface area (Å²) in [4.78, 5) is 0. The monoisotopic (exact) mass is 133 g/mol. The second-order valence-electron chi connectivity index (χ2n) is 1.25. The van der Waals surface area contributed by atoms with Gasteiger partial charge in [0.25, 0.3) is 7.59 Å². The molecule has 0 aromatic rings. The van der Waals surface area contributed by atoms with Gasteiger partial charge < -0.3 is 0 Å². The van der Waals surface area contributed by atoms with E-state index in [1.165, 1.54) is 0 Å². The molecule has 0 saturated carbocycles. The molecule has 8 heavy (non-hydrogen) atoms. The summed E-state index contributed by atoms with van der Waals surface area (Å²) >= 11 is 0. The minimum absolute atomic E-state index is 0.143. The third-order valence-corrected chi connectivity index (χ3v) is 1.08. The van der Waals surface area contributed by atoms with E-state index in [0.29, 0.717) is 0 Å². The lowest BCUT2D eigenvalue weighted by Crippen LogP contribution is -2.22. The van der Waals surface area contributed by atoms with Crippen molar-refractivity contribution in [1.29, 1.82) is 0 Å². The van der Waals surface area contributed by atoms with E-state index in [-0.39, 0.29) is 6.54 Å². The maximum Gasteiger partial charge on any atom is 0.274 e. The molecule has 0 amide bonds. The standard InChI is InChI=1S/C3H8N3OP/c1-2-3-6-8(4,5)7/h1H,3H2,(H5,4,5,6,7). The average molecular weight is 133 g/mol. The highest BCUT2D eigenvalue weighted by Crippen LogP contribution is 2.15. The Balaban J connectivity index is 3.45. The molecule has 0 bridgehead atoms. The van der Waals surface area contributed by atoms with Crippen molar-refractivity contribution >= 4 is 7.59 Å². The van der Waals surface area contributed by atoms with E-state index in [1.807, 2.05) is 0 Å². The van der Waals surface area contributed by atoms with E-state index in [0.717, 1.165) is 0 Å². The van der Waals surface area contributed by atoms with Crippen molar-refractivity contribution in [3.63, 3.8) is 0 Å². The van der Waals surface area contributed by atoms with Gasteiger partial charge in [0.2, 0.25) is 0 Å². The van der Waals surface area contributed by atoms with Gasteiger partial charge in [0.05, 0.1) is 6.54 Å². The first kappa shape index (κ1) is 7.67. The van der Waals surface area contributed by atoms with Gasteiger partial charge in [-0.2, -0.15) is 0 Å². The Morgan fingerprint density at radius 2 is 2.25 bits per heavy atom. The normalized spacial score (nSPS) is 10.6. The molecule has 0 aliphatic carbocycles. The van der Waals surface area contributed by atoms with E-state index >= 15 is 0 Å². The van der Waals surface area contributed by atoms with Gasteiger partial charge in [0.15, 0.2) is 0 Å². The second kappa shape index (κ2) is 2.85. The second-order valence-corrected chi connectivity index (χ2v) is 2.98. The van der Waals surface area contributed by atoms with Crippen LogP contribution < -0.4 is 16.1 Å². The number of hydrogen-bond acceptors (Lipinski definition) is 1. The van der Waals surface area contributed by atoms with Gasteiger partial charge in [-0.05, 0) is 0 Å². The maximum atomic E-state index is 10.3. The minimum Gasteiger partial charge on any atom is -0.271 e. The van der Waals surface area contributed by atoms with Crippen molar-refractivity contribution in [2.75, 3.05) is 6.54 Å². The summed E-state index contributed by atoms with van der Waals surface area (Å²) < 4.78 is 10.3. The highest BCUT2D eigenvalue weighted by atomic mass is 31.2. The zero-order valence-electron chi connectivity index (χ0n) is 4.29. The lowest BCUT2D eigenvalue weighted by atomic mass is 10.7. The predicted octanol–water partition coefficient (Wildman–Crippen LogP) is -0.765. The number of hydrogen-bond donors (Lipinski definition) is 3. The lowest BCUT2D eigenvalue weighted by Gasteiger charge is -2.02. The summed E-state index contributed by atoms with van der Waals surface area (Å²) in [6, 6.07) is 0. The van der Waals surface area contributed by atoms with Crippen LogP contribution in [0.5, 0.6) is 0 Å². The van der Waals surface area contributed by atoms with Crippen LogP contribution in [0.4, 0.5) is 0 Å². The van der Waals surface area contributed by atoms with Crippen LogP contribution in [0.3, 0.4) is 0 Å². The van der Waals surface area contributed by atoms with Crippen molar-refractivity contribution in [1.82, 2.24) is 5.09 Å². The predicted molar refractivity (Wildman–Crippen MR) is 32.8 cm³/mol. The summed E-state index contributed by atoms with van der Waals surface area (Å²) in [6.45, 7) is 0.143. The average Bonchev–Trinajstić information content (AvgIpc) is 1.59. The van der Waals surface area contributed by atoms with Gasteiger partial charge in [-0.15, -0.1) is 6.42 Å². The SMILES string of the molecule is C#CCNP(N)(N)=O. The maximum absolute atomic E-state index is 10.3. The topological polar surface area (TPSA) is 81.1 Å². The smallest absolute Gasteiger partial charge is 0.271 e. The molecule has 0 unspecified atom stereocenters. The molecule has 0 fully saturated rings. The van der Waals surface area contributed by atoms with Crippen LogP contribution >= 0.6 is 7.59 Å². The zero-order valence-corrected chi connectivity index (χ0v) is 5.19. The van der Waals surface area contributed by atoms with Crippen LogP contribution in [0, 0.1) is 12.3 Å². The van der Waals surface area contributed by atoms with Gasteiger partial charge in [0, 0.05) is 0 Å². The highest BCUT2D eigenvalue weighted by Gasteiger charge is 2.02. The first-order valence-corrected chi connectivity index (χ1v) is 3.76. The van der Waals surface area contributed by atoms with Gasteiger partial charge in [-0.1, -0.05) is 5.92 Å². The van der Waals surface area contributed by atoms with Crippen LogP contribution in [0.25, 0.3) is 0 Å². The third-order valence-electron chi connectivity index (χ3n) is 0.428. The van der Waals surface area contributed by atoms with Gasteiger partial charge in [-0.3, -0.25) is 15.6 Å². The Morgan fingerprint density at radius 1 is 1.75 bits per heavy atom. The fourth-order valence-electron chi connectivity index (χ4n) is 0.169. The minimum atomic E-state index is -3.07. The van der Waals surface area contributed by atoms with Crippen LogP contribution in [0.15, 0.2) is 0 Å². The molecular formula is C3H8N3OP. The molecular weight excluding hydrogens is 125 g/mol. The summed E-state index contributed by atoms with van der Waals surface area (Å²) in [5, 5.41) is 2.25. The summed E-state index contributed by atoms with van der Waals surface area (Å²) in [6.07, 6.45) is 4.79. The third kappa shape index (κ3) is 5.67. The Labute approximate surface area is 48.2 Å². The zero-order chi connectivity index (χ0) is 6.62. The summed E-state index contributed by atoms with van der Waals surface area (Å²) in [7, 11) is -3.07. The first-order valence-electron chi connectivity index (χ1n) is 1.92. The molecule has 0 atom stereocenters.